The predicted octanol–water partition coefficient (Wildman–Crippen LogP) is 4.20. The molecule has 0 atom stereocenters. The average Bonchev–Trinajstić information content (AvgIpc) is 3.50. The van der Waals surface area contributed by atoms with Crippen molar-refractivity contribution in [1.82, 2.24) is 5.32 Å². The third kappa shape index (κ3) is 4.61. The molecular weight excluding hydrogens is 376 g/mol. The molecule has 1 aliphatic carbocycles. The van der Waals surface area contributed by atoms with E-state index in [0.29, 0.717) is 28.9 Å². The lowest BCUT2D eigenvalue weighted by atomic mass is 10.1. The number of amides is 2. The summed E-state index contributed by atoms with van der Waals surface area (Å²) in [6.45, 7) is 0.384. The molecule has 2 amide bonds. The summed E-state index contributed by atoms with van der Waals surface area (Å²) < 4.78 is 5.67. The normalized spacial score (nSPS) is 15.4. The standard InChI is InChI=1S/C22H19ClN2O3/c23-17-5-8-20-16(11-17)10-14(13-28-20)4-9-21(26)24-19-3-1-2-15(12-19)22(27)25-18-6-7-18/h1-5,8-12,18H,6-7,13H2,(H,24,26)(H,25,27)/b9-4+. The molecule has 0 radical (unpaired) electrons. The molecule has 5 nitrogen and oxygen atoms in total. The Morgan fingerprint density at radius 3 is 2.82 bits per heavy atom. The molecule has 1 heterocycles. The maximum atomic E-state index is 12.2. The summed E-state index contributed by atoms with van der Waals surface area (Å²) >= 11 is 6.01. The van der Waals surface area contributed by atoms with Gasteiger partial charge in [-0.2, -0.15) is 0 Å². The molecule has 0 unspecified atom stereocenters. The number of fused-ring (bicyclic) bond motifs is 1. The molecule has 0 aromatic heterocycles. The zero-order valence-electron chi connectivity index (χ0n) is 15.1. The van der Waals surface area contributed by atoms with Crippen LogP contribution in [0.1, 0.15) is 28.8 Å². The number of ether oxygens (including phenoxy) is 1. The van der Waals surface area contributed by atoms with E-state index in [1.807, 2.05) is 18.2 Å². The third-order valence-corrected chi connectivity index (χ3v) is 4.70. The van der Waals surface area contributed by atoms with Crippen LogP contribution in [0.3, 0.4) is 0 Å². The van der Waals surface area contributed by atoms with Crippen molar-refractivity contribution in [1.29, 1.82) is 0 Å². The summed E-state index contributed by atoms with van der Waals surface area (Å²) in [6.07, 6.45) is 7.16. The van der Waals surface area contributed by atoms with Gasteiger partial charge < -0.3 is 15.4 Å². The van der Waals surface area contributed by atoms with Gasteiger partial charge in [-0.3, -0.25) is 9.59 Å². The quantitative estimate of drug-likeness (QED) is 0.747. The maximum absolute atomic E-state index is 12.2. The van der Waals surface area contributed by atoms with Gasteiger partial charge in [0, 0.05) is 34.0 Å². The maximum Gasteiger partial charge on any atom is 0.251 e. The topological polar surface area (TPSA) is 67.4 Å². The minimum absolute atomic E-state index is 0.115. The van der Waals surface area contributed by atoms with E-state index in [2.05, 4.69) is 10.6 Å². The van der Waals surface area contributed by atoms with Crippen LogP contribution >= 0.6 is 11.6 Å². The molecule has 28 heavy (non-hydrogen) atoms. The lowest BCUT2D eigenvalue weighted by Gasteiger charge is -2.16. The van der Waals surface area contributed by atoms with Crippen molar-refractivity contribution in [3.05, 3.63) is 76.3 Å². The molecule has 2 aromatic carbocycles. The van der Waals surface area contributed by atoms with Crippen LogP contribution in [-0.4, -0.2) is 24.5 Å². The zero-order chi connectivity index (χ0) is 19.5. The van der Waals surface area contributed by atoms with Gasteiger partial charge in [-0.05, 0) is 60.9 Å². The molecule has 1 saturated carbocycles. The highest BCUT2D eigenvalue weighted by Crippen LogP contribution is 2.29. The van der Waals surface area contributed by atoms with Crippen LogP contribution in [0, 0.1) is 0 Å². The van der Waals surface area contributed by atoms with Crippen LogP contribution in [0.15, 0.2) is 60.2 Å². The summed E-state index contributed by atoms with van der Waals surface area (Å²) in [4.78, 5) is 24.4. The van der Waals surface area contributed by atoms with Crippen molar-refractivity contribution in [3.63, 3.8) is 0 Å². The fraction of sp³-hybridized carbons (Fsp3) is 0.182. The molecule has 0 spiro atoms. The van der Waals surface area contributed by atoms with Crippen molar-refractivity contribution in [2.75, 3.05) is 11.9 Å². The molecule has 2 aromatic rings. The van der Waals surface area contributed by atoms with Gasteiger partial charge >= 0.3 is 0 Å². The Morgan fingerprint density at radius 2 is 2.00 bits per heavy atom. The molecule has 0 saturated heterocycles. The SMILES string of the molecule is O=C(/C=C/C1=Cc2cc(Cl)ccc2OC1)Nc1cccc(C(=O)NC2CC2)c1. The van der Waals surface area contributed by atoms with E-state index in [9.17, 15) is 9.59 Å². The van der Waals surface area contributed by atoms with Gasteiger partial charge in [0.25, 0.3) is 5.91 Å². The van der Waals surface area contributed by atoms with Gasteiger partial charge in [-0.25, -0.2) is 0 Å². The van der Waals surface area contributed by atoms with Crippen molar-refractivity contribution in [2.45, 2.75) is 18.9 Å². The molecule has 142 valence electrons. The first-order valence-corrected chi connectivity index (χ1v) is 9.47. The summed E-state index contributed by atoms with van der Waals surface area (Å²) in [7, 11) is 0. The Kier molecular flexibility index (Phi) is 5.17. The molecule has 2 aliphatic rings. The van der Waals surface area contributed by atoms with E-state index >= 15 is 0 Å². The highest BCUT2D eigenvalue weighted by atomic mass is 35.5. The first-order valence-electron chi connectivity index (χ1n) is 9.10. The average molecular weight is 395 g/mol. The van der Waals surface area contributed by atoms with Gasteiger partial charge in [-0.15, -0.1) is 0 Å². The van der Waals surface area contributed by atoms with Gasteiger partial charge in [0.2, 0.25) is 5.91 Å². The summed E-state index contributed by atoms with van der Waals surface area (Å²) in [5.74, 6) is 0.376. The van der Waals surface area contributed by atoms with E-state index in [1.165, 1.54) is 6.08 Å². The fourth-order valence-corrected chi connectivity index (χ4v) is 3.04. The summed E-state index contributed by atoms with van der Waals surface area (Å²) in [5.41, 5.74) is 2.85. The number of hydrogen-bond donors (Lipinski definition) is 2. The summed E-state index contributed by atoms with van der Waals surface area (Å²) in [6, 6.07) is 12.6. The zero-order valence-corrected chi connectivity index (χ0v) is 15.8. The number of benzene rings is 2. The Morgan fingerprint density at radius 1 is 1.14 bits per heavy atom. The Balaban J connectivity index is 1.40. The van der Waals surface area contributed by atoms with Crippen LogP contribution in [0.25, 0.3) is 6.08 Å². The molecule has 1 aliphatic heterocycles. The van der Waals surface area contributed by atoms with Gasteiger partial charge in [-0.1, -0.05) is 23.7 Å². The fourth-order valence-electron chi connectivity index (χ4n) is 2.86. The monoisotopic (exact) mass is 394 g/mol. The Hall–Kier alpha value is -3.05. The molecular formula is C22H19ClN2O3. The number of rotatable bonds is 5. The summed E-state index contributed by atoms with van der Waals surface area (Å²) in [5, 5.41) is 6.35. The first-order chi connectivity index (χ1) is 13.6. The Bertz CT molecular complexity index is 993. The molecule has 0 bridgehead atoms. The van der Waals surface area contributed by atoms with Crippen LogP contribution in [0.4, 0.5) is 5.69 Å². The van der Waals surface area contributed by atoms with Crippen molar-refractivity contribution < 1.29 is 14.3 Å². The molecule has 4 rings (SSSR count). The lowest BCUT2D eigenvalue weighted by molar-refractivity contribution is -0.111. The second-order valence-corrected chi connectivity index (χ2v) is 7.28. The molecule has 6 heteroatoms. The molecule has 1 fully saturated rings. The highest BCUT2D eigenvalue weighted by molar-refractivity contribution is 6.30. The minimum atomic E-state index is -0.280. The van der Waals surface area contributed by atoms with Crippen molar-refractivity contribution in [3.8, 4) is 5.75 Å². The van der Waals surface area contributed by atoms with Gasteiger partial charge in [0.1, 0.15) is 12.4 Å². The number of halogens is 1. The second-order valence-electron chi connectivity index (χ2n) is 6.84. The first kappa shape index (κ1) is 18.3. The third-order valence-electron chi connectivity index (χ3n) is 4.46. The van der Waals surface area contributed by atoms with Gasteiger partial charge in [0.15, 0.2) is 0 Å². The predicted molar refractivity (Wildman–Crippen MR) is 110 cm³/mol. The van der Waals surface area contributed by atoms with E-state index in [1.54, 1.807) is 36.4 Å². The smallest absolute Gasteiger partial charge is 0.251 e. The number of carbonyl (C=O) groups is 2. The van der Waals surface area contributed by atoms with Crippen LogP contribution in [-0.2, 0) is 4.79 Å². The van der Waals surface area contributed by atoms with Crippen molar-refractivity contribution >= 4 is 35.2 Å². The van der Waals surface area contributed by atoms with E-state index in [0.717, 1.165) is 29.7 Å². The van der Waals surface area contributed by atoms with Crippen LogP contribution < -0.4 is 15.4 Å². The van der Waals surface area contributed by atoms with E-state index in [-0.39, 0.29) is 11.8 Å². The van der Waals surface area contributed by atoms with E-state index in [4.69, 9.17) is 16.3 Å². The largest absolute Gasteiger partial charge is 0.488 e. The molecule has 2 N–H and O–H groups in total. The lowest BCUT2D eigenvalue weighted by Crippen LogP contribution is -2.25. The second kappa shape index (κ2) is 7.90. The number of nitrogens with one attached hydrogen (secondary N) is 2. The minimum Gasteiger partial charge on any atom is -0.488 e. The Labute approximate surface area is 168 Å². The number of anilines is 1. The van der Waals surface area contributed by atoms with Gasteiger partial charge in [0.05, 0.1) is 0 Å². The van der Waals surface area contributed by atoms with Crippen LogP contribution in [0.5, 0.6) is 5.75 Å². The number of hydrogen-bond acceptors (Lipinski definition) is 3. The number of carbonyl (C=O) groups excluding carboxylic acids is 2. The highest BCUT2D eigenvalue weighted by Gasteiger charge is 2.23. The van der Waals surface area contributed by atoms with Crippen molar-refractivity contribution in [2.24, 2.45) is 0 Å². The van der Waals surface area contributed by atoms with E-state index < -0.39 is 0 Å². The van der Waals surface area contributed by atoms with Crippen LogP contribution in [0.2, 0.25) is 5.02 Å².